The van der Waals surface area contributed by atoms with Crippen molar-refractivity contribution < 1.29 is 19.3 Å². The molecular formula is C11H16N4O4. The number of carbonyl (C=O) groups excluding carboxylic acids is 1. The van der Waals surface area contributed by atoms with Crippen LogP contribution >= 0.6 is 0 Å². The Labute approximate surface area is 109 Å². The number of hydrogen-bond acceptors (Lipinski definition) is 6. The Bertz CT molecular complexity index is 465. The average Bonchev–Trinajstić information content (AvgIpc) is 2.83. The third-order valence-electron chi connectivity index (χ3n) is 3.48. The van der Waals surface area contributed by atoms with E-state index >= 15 is 0 Å². The topological polar surface area (TPSA) is 131 Å². The first-order valence-electron chi connectivity index (χ1n) is 6.17. The number of anilines is 1. The molecule has 0 aliphatic heterocycles. The molecule has 1 aromatic rings. The number of rotatable bonds is 4. The lowest BCUT2D eigenvalue weighted by atomic mass is 9.82. The smallest absolute Gasteiger partial charge is 0.306 e. The molecule has 0 aromatic carbocycles. The lowest BCUT2D eigenvalue weighted by Gasteiger charge is -2.25. The van der Waals surface area contributed by atoms with Gasteiger partial charge in [0.15, 0.2) is 0 Å². The van der Waals surface area contributed by atoms with Gasteiger partial charge in [0.05, 0.1) is 5.92 Å². The molecule has 1 amide bonds. The molecule has 2 rings (SSSR count). The van der Waals surface area contributed by atoms with Gasteiger partial charge < -0.3 is 16.2 Å². The molecule has 1 saturated carbocycles. The molecule has 1 heterocycles. The molecule has 1 aliphatic carbocycles. The molecule has 8 heteroatoms. The summed E-state index contributed by atoms with van der Waals surface area (Å²) >= 11 is 0. The SMILES string of the molecule is Nc1nonc1C(=O)NCC1CCC(C(=O)O)CC1. The van der Waals surface area contributed by atoms with Crippen molar-refractivity contribution in [3.8, 4) is 0 Å². The van der Waals surface area contributed by atoms with Crippen molar-refractivity contribution in [2.45, 2.75) is 25.7 Å². The normalized spacial score (nSPS) is 22.9. The number of nitrogens with one attached hydrogen (secondary N) is 1. The summed E-state index contributed by atoms with van der Waals surface area (Å²) in [6.07, 6.45) is 2.90. The zero-order chi connectivity index (χ0) is 13.8. The van der Waals surface area contributed by atoms with Gasteiger partial charge in [0.2, 0.25) is 11.5 Å². The number of amides is 1. The quantitative estimate of drug-likeness (QED) is 0.714. The van der Waals surface area contributed by atoms with E-state index in [2.05, 4.69) is 20.3 Å². The van der Waals surface area contributed by atoms with Gasteiger partial charge in [-0.05, 0) is 41.9 Å². The second-order valence-corrected chi connectivity index (χ2v) is 4.76. The molecule has 1 fully saturated rings. The van der Waals surface area contributed by atoms with Crippen molar-refractivity contribution in [2.75, 3.05) is 12.3 Å². The monoisotopic (exact) mass is 268 g/mol. The number of nitrogens with two attached hydrogens (primary N) is 1. The Hall–Kier alpha value is -2.12. The number of carboxylic acids is 1. The number of aliphatic carboxylic acids is 1. The van der Waals surface area contributed by atoms with E-state index in [0.717, 1.165) is 12.8 Å². The van der Waals surface area contributed by atoms with Crippen LogP contribution in [0.2, 0.25) is 0 Å². The van der Waals surface area contributed by atoms with Gasteiger partial charge in [-0.15, -0.1) is 0 Å². The number of carboxylic acid groups (broad SMARTS) is 1. The van der Waals surface area contributed by atoms with Crippen molar-refractivity contribution >= 4 is 17.7 Å². The van der Waals surface area contributed by atoms with Crippen molar-refractivity contribution in [3.63, 3.8) is 0 Å². The second-order valence-electron chi connectivity index (χ2n) is 4.76. The van der Waals surface area contributed by atoms with Crippen molar-refractivity contribution in [3.05, 3.63) is 5.69 Å². The zero-order valence-electron chi connectivity index (χ0n) is 10.3. The van der Waals surface area contributed by atoms with E-state index in [-0.39, 0.29) is 17.4 Å². The Kier molecular flexibility index (Phi) is 3.98. The van der Waals surface area contributed by atoms with Crippen LogP contribution in [0.25, 0.3) is 0 Å². The summed E-state index contributed by atoms with van der Waals surface area (Å²) in [5, 5.41) is 18.3. The van der Waals surface area contributed by atoms with E-state index in [9.17, 15) is 9.59 Å². The maximum absolute atomic E-state index is 11.7. The molecule has 0 radical (unpaired) electrons. The van der Waals surface area contributed by atoms with E-state index in [1.54, 1.807) is 0 Å². The first-order valence-corrected chi connectivity index (χ1v) is 6.17. The van der Waals surface area contributed by atoms with Crippen molar-refractivity contribution in [2.24, 2.45) is 11.8 Å². The summed E-state index contributed by atoms with van der Waals surface area (Å²) in [6, 6.07) is 0. The fourth-order valence-corrected chi connectivity index (χ4v) is 2.29. The van der Waals surface area contributed by atoms with Crippen LogP contribution in [-0.2, 0) is 4.79 Å². The molecular weight excluding hydrogens is 252 g/mol. The molecule has 0 unspecified atom stereocenters. The minimum absolute atomic E-state index is 0.0146. The number of nitrogen functional groups attached to an aromatic ring is 1. The van der Waals surface area contributed by atoms with Crippen molar-refractivity contribution in [1.82, 2.24) is 15.6 Å². The molecule has 8 nitrogen and oxygen atoms in total. The minimum atomic E-state index is -0.732. The third kappa shape index (κ3) is 3.21. The summed E-state index contributed by atoms with van der Waals surface area (Å²) in [5.41, 5.74) is 5.39. The maximum Gasteiger partial charge on any atom is 0.306 e. The third-order valence-corrected chi connectivity index (χ3v) is 3.48. The summed E-state index contributed by atoms with van der Waals surface area (Å²) < 4.78 is 4.35. The van der Waals surface area contributed by atoms with Gasteiger partial charge in [0, 0.05) is 6.54 Å². The summed E-state index contributed by atoms with van der Waals surface area (Å²) in [7, 11) is 0. The van der Waals surface area contributed by atoms with E-state index in [0.29, 0.717) is 25.3 Å². The molecule has 4 N–H and O–H groups in total. The van der Waals surface area contributed by atoms with Crippen LogP contribution < -0.4 is 11.1 Å². The van der Waals surface area contributed by atoms with Gasteiger partial charge in [-0.1, -0.05) is 0 Å². The Balaban J connectivity index is 1.77. The second kappa shape index (κ2) is 5.68. The summed E-state index contributed by atoms with van der Waals surface area (Å²) in [6.45, 7) is 0.484. The highest BCUT2D eigenvalue weighted by Crippen LogP contribution is 2.28. The lowest BCUT2D eigenvalue weighted by Crippen LogP contribution is -2.32. The Morgan fingerprint density at radius 1 is 1.32 bits per heavy atom. The minimum Gasteiger partial charge on any atom is -0.481 e. The fraction of sp³-hybridized carbons (Fsp3) is 0.636. The van der Waals surface area contributed by atoms with Gasteiger partial charge in [0.1, 0.15) is 0 Å². The van der Waals surface area contributed by atoms with Crippen LogP contribution in [0.5, 0.6) is 0 Å². The lowest BCUT2D eigenvalue weighted by molar-refractivity contribution is -0.143. The van der Waals surface area contributed by atoms with Gasteiger partial charge in [0.25, 0.3) is 5.91 Å². The largest absolute Gasteiger partial charge is 0.481 e. The van der Waals surface area contributed by atoms with E-state index < -0.39 is 11.9 Å². The standard InChI is InChI=1S/C11H16N4O4/c12-9-8(14-19-15-9)10(16)13-5-6-1-3-7(4-2-6)11(17)18/h6-7H,1-5H2,(H2,12,15)(H,13,16)(H,17,18). The number of carbonyl (C=O) groups is 2. The van der Waals surface area contributed by atoms with E-state index in [1.807, 2.05) is 0 Å². The summed E-state index contributed by atoms with van der Waals surface area (Å²) in [4.78, 5) is 22.5. The van der Waals surface area contributed by atoms with E-state index in [1.165, 1.54) is 0 Å². The molecule has 0 spiro atoms. The predicted octanol–water partition coefficient (Wildman–Crippen LogP) is 0.273. The van der Waals surface area contributed by atoms with Gasteiger partial charge in [-0.25, -0.2) is 4.63 Å². The molecule has 1 aliphatic rings. The fourth-order valence-electron chi connectivity index (χ4n) is 2.29. The first-order chi connectivity index (χ1) is 9.08. The van der Waals surface area contributed by atoms with Crippen LogP contribution in [0, 0.1) is 11.8 Å². The molecule has 19 heavy (non-hydrogen) atoms. The zero-order valence-corrected chi connectivity index (χ0v) is 10.3. The highest BCUT2D eigenvalue weighted by atomic mass is 16.6. The molecule has 104 valence electrons. The van der Waals surface area contributed by atoms with Crippen LogP contribution in [0.4, 0.5) is 5.82 Å². The highest BCUT2D eigenvalue weighted by Gasteiger charge is 2.26. The Morgan fingerprint density at radius 2 is 2.00 bits per heavy atom. The van der Waals surface area contributed by atoms with Crippen LogP contribution in [0.1, 0.15) is 36.2 Å². The number of hydrogen-bond donors (Lipinski definition) is 3. The number of nitrogens with zero attached hydrogens (tertiary/aromatic N) is 2. The van der Waals surface area contributed by atoms with Crippen LogP contribution in [0.15, 0.2) is 4.63 Å². The van der Waals surface area contributed by atoms with Crippen molar-refractivity contribution in [1.29, 1.82) is 0 Å². The molecule has 1 aromatic heterocycles. The Morgan fingerprint density at radius 3 is 2.53 bits per heavy atom. The van der Waals surface area contributed by atoms with Gasteiger partial charge in [-0.3, -0.25) is 9.59 Å². The molecule has 0 bridgehead atoms. The predicted molar refractivity (Wildman–Crippen MR) is 64.1 cm³/mol. The van der Waals surface area contributed by atoms with Gasteiger partial charge >= 0.3 is 5.97 Å². The van der Waals surface area contributed by atoms with Crippen LogP contribution in [0.3, 0.4) is 0 Å². The average molecular weight is 268 g/mol. The first kappa shape index (κ1) is 13.3. The van der Waals surface area contributed by atoms with Crippen LogP contribution in [-0.4, -0.2) is 33.8 Å². The van der Waals surface area contributed by atoms with Gasteiger partial charge in [-0.2, -0.15) is 0 Å². The molecule has 0 saturated heterocycles. The van der Waals surface area contributed by atoms with E-state index in [4.69, 9.17) is 10.8 Å². The molecule has 0 atom stereocenters. The maximum atomic E-state index is 11.7. The highest BCUT2D eigenvalue weighted by molar-refractivity contribution is 5.95. The number of aromatic nitrogens is 2. The summed E-state index contributed by atoms with van der Waals surface area (Å²) in [5.74, 6) is -1.14.